The van der Waals surface area contributed by atoms with Gasteiger partial charge >= 0.3 is 0 Å². The Balaban J connectivity index is 2.16. The SMILES string of the molecule is COc1cc(C(=O)c2ccnc3ccccc23)cc(CO)c1CO. The summed E-state index contributed by atoms with van der Waals surface area (Å²) in [7, 11) is 1.46. The highest BCUT2D eigenvalue weighted by atomic mass is 16.5. The van der Waals surface area contributed by atoms with E-state index in [9.17, 15) is 15.0 Å². The Kier molecular flexibility index (Phi) is 4.55. The topological polar surface area (TPSA) is 79.7 Å². The quantitative estimate of drug-likeness (QED) is 0.705. The van der Waals surface area contributed by atoms with Gasteiger partial charge in [-0.05, 0) is 29.8 Å². The van der Waals surface area contributed by atoms with Crippen LogP contribution < -0.4 is 4.74 Å². The number of fused-ring (bicyclic) bond motifs is 1. The minimum Gasteiger partial charge on any atom is -0.496 e. The second-order valence-corrected chi connectivity index (χ2v) is 5.34. The van der Waals surface area contributed by atoms with Crippen LogP contribution in [0.25, 0.3) is 10.9 Å². The molecule has 24 heavy (non-hydrogen) atoms. The van der Waals surface area contributed by atoms with E-state index >= 15 is 0 Å². The molecule has 1 heterocycles. The lowest BCUT2D eigenvalue weighted by Gasteiger charge is -2.13. The lowest BCUT2D eigenvalue weighted by atomic mass is 9.96. The molecule has 0 saturated heterocycles. The Labute approximate surface area is 139 Å². The molecule has 2 N–H and O–H groups in total. The van der Waals surface area contributed by atoms with Crippen molar-refractivity contribution < 1.29 is 19.7 Å². The molecule has 122 valence electrons. The van der Waals surface area contributed by atoms with E-state index in [0.29, 0.717) is 28.0 Å². The smallest absolute Gasteiger partial charge is 0.193 e. The average Bonchev–Trinajstić information content (AvgIpc) is 2.65. The summed E-state index contributed by atoms with van der Waals surface area (Å²) in [6.07, 6.45) is 1.60. The molecule has 0 aliphatic heterocycles. The highest BCUT2D eigenvalue weighted by Crippen LogP contribution is 2.28. The maximum atomic E-state index is 13.0. The number of aliphatic hydroxyl groups is 2. The number of hydrogen-bond donors (Lipinski definition) is 2. The number of methoxy groups -OCH3 is 1. The minimum atomic E-state index is -0.287. The van der Waals surface area contributed by atoms with Crippen LogP contribution >= 0.6 is 0 Å². The van der Waals surface area contributed by atoms with Crippen molar-refractivity contribution in [3.05, 3.63) is 70.9 Å². The Morgan fingerprint density at radius 3 is 2.62 bits per heavy atom. The van der Waals surface area contributed by atoms with Crippen LogP contribution in [0, 0.1) is 0 Å². The van der Waals surface area contributed by atoms with Crippen molar-refractivity contribution in [3.8, 4) is 5.75 Å². The first kappa shape index (κ1) is 16.1. The third-order valence-corrected chi connectivity index (χ3v) is 4.01. The molecule has 0 spiro atoms. The van der Waals surface area contributed by atoms with E-state index in [0.717, 1.165) is 10.9 Å². The summed E-state index contributed by atoms with van der Waals surface area (Å²) in [6.45, 7) is -0.559. The van der Waals surface area contributed by atoms with Crippen LogP contribution in [0.2, 0.25) is 0 Å². The molecule has 0 fully saturated rings. The number of nitrogens with zero attached hydrogens (tertiary/aromatic N) is 1. The molecule has 0 amide bonds. The zero-order valence-corrected chi connectivity index (χ0v) is 13.2. The van der Waals surface area contributed by atoms with Gasteiger partial charge in [-0.15, -0.1) is 0 Å². The van der Waals surface area contributed by atoms with Crippen LogP contribution in [0.1, 0.15) is 27.0 Å². The number of aliphatic hydroxyl groups excluding tert-OH is 2. The molecule has 1 aromatic heterocycles. The van der Waals surface area contributed by atoms with Crippen molar-refractivity contribution in [1.82, 2.24) is 4.98 Å². The number of benzene rings is 2. The van der Waals surface area contributed by atoms with Crippen LogP contribution in [0.15, 0.2) is 48.7 Å². The number of rotatable bonds is 5. The Morgan fingerprint density at radius 1 is 1.12 bits per heavy atom. The van der Waals surface area contributed by atoms with Crippen LogP contribution in [0.3, 0.4) is 0 Å². The lowest BCUT2D eigenvalue weighted by molar-refractivity contribution is 0.103. The summed E-state index contributed by atoms with van der Waals surface area (Å²) in [4.78, 5) is 17.2. The second kappa shape index (κ2) is 6.78. The molecule has 5 nitrogen and oxygen atoms in total. The third kappa shape index (κ3) is 2.75. The molecule has 0 aliphatic rings. The van der Waals surface area contributed by atoms with Gasteiger partial charge in [0.15, 0.2) is 5.78 Å². The van der Waals surface area contributed by atoms with Gasteiger partial charge < -0.3 is 14.9 Å². The van der Waals surface area contributed by atoms with Crippen molar-refractivity contribution in [3.63, 3.8) is 0 Å². The van der Waals surface area contributed by atoms with E-state index < -0.39 is 0 Å². The van der Waals surface area contributed by atoms with Crippen molar-refractivity contribution in [1.29, 1.82) is 0 Å². The average molecular weight is 323 g/mol. The van der Waals surface area contributed by atoms with Crippen molar-refractivity contribution in [2.24, 2.45) is 0 Å². The van der Waals surface area contributed by atoms with Gasteiger partial charge in [0.2, 0.25) is 0 Å². The normalized spacial score (nSPS) is 10.8. The van der Waals surface area contributed by atoms with Gasteiger partial charge in [-0.1, -0.05) is 18.2 Å². The summed E-state index contributed by atoms with van der Waals surface area (Å²) in [5, 5.41) is 19.8. The first-order chi connectivity index (χ1) is 11.7. The molecular weight excluding hydrogens is 306 g/mol. The van der Waals surface area contributed by atoms with Gasteiger partial charge in [-0.25, -0.2) is 0 Å². The standard InChI is InChI=1S/C19H17NO4/c1-24-18-9-12(8-13(10-21)16(18)11-22)19(23)15-6-7-20-17-5-3-2-4-14(15)17/h2-9,21-22H,10-11H2,1H3. The molecule has 0 saturated carbocycles. The Hall–Kier alpha value is -2.76. The first-order valence-corrected chi connectivity index (χ1v) is 7.49. The summed E-state index contributed by atoms with van der Waals surface area (Å²) in [5.74, 6) is 0.192. The fraction of sp³-hybridized carbons (Fsp3) is 0.158. The number of ether oxygens (including phenoxy) is 1. The van der Waals surface area contributed by atoms with E-state index in [2.05, 4.69) is 4.98 Å². The first-order valence-electron chi connectivity index (χ1n) is 7.49. The summed E-state index contributed by atoms with van der Waals surface area (Å²) in [6, 6.07) is 12.3. The van der Waals surface area contributed by atoms with Crippen LogP contribution in [0.4, 0.5) is 0 Å². The van der Waals surface area contributed by atoms with Gasteiger partial charge in [0.25, 0.3) is 0 Å². The molecule has 3 rings (SSSR count). The highest BCUT2D eigenvalue weighted by Gasteiger charge is 2.17. The van der Waals surface area contributed by atoms with Gasteiger partial charge in [-0.3, -0.25) is 9.78 Å². The van der Waals surface area contributed by atoms with E-state index in [-0.39, 0.29) is 19.0 Å². The van der Waals surface area contributed by atoms with Gasteiger partial charge in [0.05, 0.1) is 25.8 Å². The predicted octanol–water partition coefficient (Wildman–Crippen LogP) is 2.46. The maximum absolute atomic E-state index is 13.0. The fourth-order valence-corrected chi connectivity index (χ4v) is 2.79. The van der Waals surface area contributed by atoms with Crippen molar-refractivity contribution in [2.75, 3.05) is 7.11 Å². The monoisotopic (exact) mass is 323 g/mol. The molecule has 0 bridgehead atoms. The van der Waals surface area contributed by atoms with Crippen molar-refractivity contribution >= 4 is 16.7 Å². The van der Waals surface area contributed by atoms with Crippen molar-refractivity contribution in [2.45, 2.75) is 13.2 Å². The highest BCUT2D eigenvalue weighted by molar-refractivity contribution is 6.16. The van der Waals surface area contributed by atoms with E-state index in [1.807, 2.05) is 24.3 Å². The lowest BCUT2D eigenvalue weighted by Crippen LogP contribution is -2.07. The van der Waals surface area contributed by atoms with E-state index in [1.54, 1.807) is 24.4 Å². The number of para-hydroxylation sites is 1. The summed E-state index contributed by atoms with van der Waals surface area (Å²) in [5.41, 5.74) is 2.62. The largest absolute Gasteiger partial charge is 0.496 e. The zero-order valence-electron chi connectivity index (χ0n) is 13.2. The Morgan fingerprint density at radius 2 is 1.92 bits per heavy atom. The second-order valence-electron chi connectivity index (χ2n) is 5.34. The number of pyridine rings is 1. The zero-order chi connectivity index (χ0) is 17.1. The van der Waals surface area contributed by atoms with Gasteiger partial charge in [-0.2, -0.15) is 0 Å². The number of carbonyl (C=O) groups excluding carboxylic acids is 1. The molecule has 0 aliphatic carbocycles. The van der Waals surface area contributed by atoms with Crippen LogP contribution in [0.5, 0.6) is 5.75 Å². The molecule has 2 aromatic carbocycles. The molecule has 5 heteroatoms. The number of hydrogen-bond acceptors (Lipinski definition) is 5. The molecule has 3 aromatic rings. The van der Waals surface area contributed by atoms with Crippen LogP contribution in [-0.2, 0) is 13.2 Å². The molecule has 0 atom stereocenters. The van der Waals surface area contributed by atoms with E-state index in [4.69, 9.17) is 4.74 Å². The maximum Gasteiger partial charge on any atom is 0.193 e. The number of aromatic nitrogens is 1. The summed E-state index contributed by atoms with van der Waals surface area (Å²) >= 11 is 0. The number of ketones is 1. The fourth-order valence-electron chi connectivity index (χ4n) is 2.79. The molecule has 0 unspecified atom stereocenters. The molecule has 0 radical (unpaired) electrons. The van der Waals surface area contributed by atoms with Gasteiger partial charge in [0, 0.05) is 28.3 Å². The molecular formula is C19H17NO4. The third-order valence-electron chi connectivity index (χ3n) is 4.01. The number of carbonyl (C=O) groups is 1. The Bertz CT molecular complexity index is 875. The summed E-state index contributed by atoms with van der Waals surface area (Å²) < 4.78 is 5.26. The van der Waals surface area contributed by atoms with Gasteiger partial charge in [0.1, 0.15) is 5.75 Å². The predicted molar refractivity (Wildman–Crippen MR) is 90.0 cm³/mol. The minimum absolute atomic E-state index is 0.189. The van der Waals surface area contributed by atoms with E-state index in [1.165, 1.54) is 7.11 Å². The van der Waals surface area contributed by atoms with Crippen LogP contribution in [-0.4, -0.2) is 28.1 Å².